The molecule has 1 aliphatic carbocycles. The van der Waals surface area contributed by atoms with Crippen molar-refractivity contribution in [2.45, 2.75) is 38.1 Å². The van der Waals surface area contributed by atoms with Gasteiger partial charge in [0.05, 0.1) is 10.7 Å². The monoisotopic (exact) mass is 429 g/mol. The number of nitrogens with zero attached hydrogens (tertiary/aromatic N) is 2. The number of nitrogens with one attached hydrogen (secondary N) is 2. The first-order chi connectivity index (χ1) is 14.6. The number of carbonyl (C=O) groups excluding carboxylic acids is 1. The van der Waals surface area contributed by atoms with Crippen molar-refractivity contribution < 1.29 is 9.53 Å². The van der Waals surface area contributed by atoms with Gasteiger partial charge in [-0.2, -0.15) is 0 Å². The lowest BCUT2D eigenvalue weighted by atomic mass is 10.0. The van der Waals surface area contributed by atoms with Gasteiger partial charge >= 0.3 is 0 Å². The molecule has 0 radical (unpaired) electrons. The van der Waals surface area contributed by atoms with E-state index in [1.807, 2.05) is 18.2 Å². The maximum Gasteiger partial charge on any atom is 0.228 e. The molecule has 8 heteroatoms. The zero-order valence-electron chi connectivity index (χ0n) is 16.9. The van der Waals surface area contributed by atoms with Crippen molar-refractivity contribution in [2.24, 2.45) is 17.6 Å². The lowest BCUT2D eigenvalue weighted by Crippen LogP contribution is -2.23. The van der Waals surface area contributed by atoms with E-state index in [1.54, 1.807) is 12.3 Å². The van der Waals surface area contributed by atoms with E-state index in [-0.39, 0.29) is 17.9 Å². The summed E-state index contributed by atoms with van der Waals surface area (Å²) in [5.74, 6) is 1.78. The highest BCUT2D eigenvalue weighted by Crippen LogP contribution is 2.30. The second-order valence-electron chi connectivity index (χ2n) is 8.15. The van der Waals surface area contributed by atoms with Crippen molar-refractivity contribution in [3.05, 3.63) is 35.5 Å². The van der Waals surface area contributed by atoms with Gasteiger partial charge in [0.2, 0.25) is 5.91 Å². The summed E-state index contributed by atoms with van der Waals surface area (Å²) in [5.41, 5.74) is 7.40. The first kappa shape index (κ1) is 21.0. The molecule has 1 saturated heterocycles. The third-order valence-corrected chi connectivity index (χ3v) is 6.19. The van der Waals surface area contributed by atoms with Crippen LogP contribution in [0.15, 0.2) is 30.5 Å². The first-order valence-electron chi connectivity index (χ1n) is 10.6. The van der Waals surface area contributed by atoms with Crippen LogP contribution < -0.4 is 16.4 Å². The number of amides is 1. The Labute approximate surface area is 181 Å². The highest BCUT2D eigenvalue weighted by Gasteiger charge is 2.28. The number of pyridine rings is 2. The summed E-state index contributed by atoms with van der Waals surface area (Å²) in [7, 11) is 0. The fourth-order valence-corrected chi connectivity index (χ4v) is 4.27. The highest BCUT2D eigenvalue weighted by atomic mass is 35.5. The zero-order chi connectivity index (χ0) is 20.9. The summed E-state index contributed by atoms with van der Waals surface area (Å²) in [4.78, 5) is 21.5. The first-order valence-corrected chi connectivity index (χ1v) is 11.0. The summed E-state index contributed by atoms with van der Waals surface area (Å²) in [6.07, 6.45) is 6.10. The molecule has 160 valence electrons. The summed E-state index contributed by atoms with van der Waals surface area (Å²) in [6.45, 7) is 2.52. The average molecular weight is 430 g/mol. The van der Waals surface area contributed by atoms with Crippen molar-refractivity contribution >= 4 is 29.1 Å². The van der Waals surface area contributed by atoms with Gasteiger partial charge in [-0.05, 0) is 56.2 Å². The Bertz CT molecular complexity index is 888. The average Bonchev–Trinajstić information content (AvgIpc) is 3.21. The molecule has 2 unspecified atom stereocenters. The number of hydrogen-bond donors (Lipinski definition) is 3. The molecule has 1 saturated carbocycles. The number of nitrogens with two attached hydrogens (primary N) is 1. The molecule has 1 amide bonds. The number of rotatable bonds is 6. The Morgan fingerprint density at radius 3 is 2.80 bits per heavy atom. The number of hydrogen-bond acceptors (Lipinski definition) is 6. The summed E-state index contributed by atoms with van der Waals surface area (Å²) in [5, 5.41) is 6.82. The van der Waals surface area contributed by atoms with Crippen LogP contribution in [0.1, 0.15) is 32.1 Å². The van der Waals surface area contributed by atoms with Crippen LogP contribution in [0.3, 0.4) is 0 Å². The van der Waals surface area contributed by atoms with Crippen LogP contribution in [0.5, 0.6) is 0 Å². The van der Waals surface area contributed by atoms with Crippen molar-refractivity contribution in [1.29, 1.82) is 0 Å². The molecule has 2 aromatic rings. The summed E-state index contributed by atoms with van der Waals surface area (Å²) < 4.78 is 5.42. The van der Waals surface area contributed by atoms with Crippen LogP contribution in [0.2, 0.25) is 5.02 Å². The Hall–Kier alpha value is -2.22. The molecule has 3 heterocycles. The second-order valence-corrected chi connectivity index (χ2v) is 8.56. The van der Waals surface area contributed by atoms with E-state index in [0.29, 0.717) is 23.2 Å². The molecule has 0 aromatic carbocycles. The van der Waals surface area contributed by atoms with Crippen molar-refractivity contribution in [2.75, 3.05) is 30.4 Å². The summed E-state index contributed by atoms with van der Waals surface area (Å²) >= 11 is 6.40. The molecule has 7 nitrogen and oxygen atoms in total. The molecular weight excluding hydrogens is 402 g/mol. The lowest BCUT2D eigenvalue weighted by molar-refractivity contribution is -0.119. The Morgan fingerprint density at radius 1 is 1.20 bits per heavy atom. The maximum atomic E-state index is 12.5. The van der Waals surface area contributed by atoms with Gasteiger partial charge in [-0.25, -0.2) is 9.97 Å². The quantitative estimate of drug-likeness (QED) is 0.647. The fraction of sp³-hybridized carbons (Fsp3) is 0.500. The number of carbonyl (C=O) groups is 1. The van der Waals surface area contributed by atoms with Gasteiger partial charge in [-0.15, -0.1) is 0 Å². The lowest BCUT2D eigenvalue weighted by Gasteiger charge is -2.22. The zero-order valence-corrected chi connectivity index (χ0v) is 17.7. The van der Waals surface area contributed by atoms with Gasteiger partial charge in [0.1, 0.15) is 11.6 Å². The van der Waals surface area contributed by atoms with E-state index in [1.165, 1.54) is 0 Å². The number of anilines is 2. The molecule has 2 aromatic heterocycles. The molecule has 2 fully saturated rings. The van der Waals surface area contributed by atoms with Crippen molar-refractivity contribution in [1.82, 2.24) is 9.97 Å². The van der Waals surface area contributed by atoms with Crippen molar-refractivity contribution in [3.8, 4) is 11.3 Å². The molecule has 0 spiro atoms. The molecule has 4 rings (SSSR count). The third kappa shape index (κ3) is 5.28. The van der Waals surface area contributed by atoms with E-state index in [4.69, 9.17) is 27.1 Å². The largest absolute Gasteiger partial charge is 0.381 e. The maximum absolute atomic E-state index is 12.5. The molecule has 2 atom stereocenters. The van der Waals surface area contributed by atoms with Crippen LogP contribution >= 0.6 is 11.6 Å². The smallest absolute Gasteiger partial charge is 0.228 e. The summed E-state index contributed by atoms with van der Waals surface area (Å²) in [6, 6.07) is 7.69. The van der Waals surface area contributed by atoms with Gasteiger partial charge in [0.15, 0.2) is 0 Å². The van der Waals surface area contributed by atoms with Gasteiger partial charge < -0.3 is 21.1 Å². The normalized spacial score (nSPS) is 22.1. The Balaban J connectivity index is 1.45. The second kappa shape index (κ2) is 9.73. The Kier molecular flexibility index (Phi) is 6.82. The van der Waals surface area contributed by atoms with E-state index in [0.717, 1.165) is 62.5 Å². The van der Waals surface area contributed by atoms with Crippen LogP contribution in [0.4, 0.5) is 11.6 Å². The van der Waals surface area contributed by atoms with Crippen molar-refractivity contribution in [3.63, 3.8) is 0 Å². The van der Waals surface area contributed by atoms with Crippen LogP contribution in [-0.2, 0) is 9.53 Å². The minimum absolute atomic E-state index is 0.0384. The molecule has 0 bridgehead atoms. The third-order valence-electron chi connectivity index (χ3n) is 5.89. The highest BCUT2D eigenvalue weighted by molar-refractivity contribution is 6.33. The molecule has 1 aliphatic heterocycles. The predicted octanol–water partition coefficient (Wildman–Crippen LogP) is 3.70. The number of halogens is 1. The van der Waals surface area contributed by atoms with E-state index in [9.17, 15) is 4.79 Å². The number of aromatic nitrogens is 2. The van der Waals surface area contributed by atoms with E-state index in [2.05, 4.69) is 15.6 Å². The predicted molar refractivity (Wildman–Crippen MR) is 118 cm³/mol. The SMILES string of the molecule is NC1CCC(C(=O)Nc2cc(-c3cccc(NCC4CCOCC4)n3)c(Cl)cn2)C1. The van der Waals surface area contributed by atoms with Crippen LogP contribution in [0, 0.1) is 11.8 Å². The molecule has 2 aliphatic rings. The molecular formula is C22H28ClN5O2. The van der Waals surface area contributed by atoms with Gasteiger partial charge in [-0.3, -0.25) is 4.79 Å². The van der Waals surface area contributed by atoms with Crippen LogP contribution in [0.25, 0.3) is 11.3 Å². The van der Waals surface area contributed by atoms with Gasteiger partial charge in [0, 0.05) is 43.5 Å². The van der Waals surface area contributed by atoms with Crippen LogP contribution in [-0.4, -0.2) is 41.7 Å². The minimum atomic E-state index is -0.0585. The minimum Gasteiger partial charge on any atom is -0.381 e. The topological polar surface area (TPSA) is 102 Å². The number of ether oxygens (including phenoxy) is 1. The molecule has 4 N–H and O–H groups in total. The van der Waals surface area contributed by atoms with E-state index < -0.39 is 0 Å². The van der Waals surface area contributed by atoms with Gasteiger partial charge in [-0.1, -0.05) is 17.7 Å². The molecule has 30 heavy (non-hydrogen) atoms. The fourth-order valence-electron chi connectivity index (χ4n) is 4.07. The van der Waals surface area contributed by atoms with Gasteiger partial charge in [0.25, 0.3) is 0 Å². The van der Waals surface area contributed by atoms with E-state index >= 15 is 0 Å². The standard InChI is InChI=1S/C22H28ClN5O2/c23-18-13-26-21(28-22(29)15-4-5-16(24)10-15)11-17(18)19-2-1-3-20(27-19)25-12-14-6-8-30-9-7-14/h1-3,11,13-16H,4-10,12,24H2,(H,25,27)(H,26,28,29). The Morgan fingerprint density at radius 2 is 2.03 bits per heavy atom.